The molecule has 0 aliphatic rings. The highest BCUT2D eigenvalue weighted by molar-refractivity contribution is 7.98. The maximum Gasteiger partial charge on any atom is 0.0258 e. The van der Waals surface area contributed by atoms with E-state index in [9.17, 15) is 0 Å². The summed E-state index contributed by atoms with van der Waals surface area (Å²) in [5.41, 5.74) is 7.16. The summed E-state index contributed by atoms with van der Waals surface area (Å²) in [6.45, 7) is 6.21. The molecule has 0 fully saturated rings. The van der Waals surface area contributed by atoms with Crippen LogP contribution in [0.15, 0.2) is 12.2 Å². The van der Waals surface area contributed by atoms with Crippen LogP contribution in [-0.4, -0.2) is 18.1 Å². The summed E-state index contributed by atoms with van der Waals surface area (Å²) < 4.78 is 0. The molecule has 0 aromatic carbocycles. The topological polar surface area (TPSA) is 26.0 Å². The molecule has 0 spiro atoms. The van der Waals surface area contributed by atoms with Gasteiger partial charge in [0.2, 0.25) is 0 Å². The summed E-state index contributed by atoms with van der Waals surface area (Å²) in [7, 11) is 0. The fourth-order valence-electron chi connectivity index (χ4n) is 1.04. The maximum absolute atomic E-state index is 5.93. The van der Waals surface area contributed by atoms with Crippen LogP contribution in [0.5, 0.6) is 0 Å². The van der Waals surface area contributed by atoms with Crippen LogP contribution in [0, 0.1) is 0 Å². The second kappa shape index (κ2) is 7.69. The molecule has 0 aliphatic heterocycles. The molecule has 0 radical (unpaired) electrons. The van der Waals surface area contributed by atoms with E-state index in [2.05, 4.69) is 19.8 Å². The molecule has 0 heterocycles. The Bertz CT molecular complexity index is 123. The largest absolute Gasteiger partial charge is 0.324 e. The highest BCUT2D eigenvalue weighted by Gasteiger charge is 2.05. The number of unbranched alkanes of at least 4 members (excludes halogenated alkanes) is 1. The first-order valence-electron chi connectivity index (χ1n) is 4.64. The van der Waals surface area contributed by atoms with E-state index in [1.807, 2.05) is 11.8 Å². The lowest BCUT2D eigenvalue weighted by Gasteiger charge is -2.13. The van der Waals surface area contributed by atoms with Crippen LogP contribution in [0.1, 0.15) is 32.6 Å². The first kappa shape index (κ1) is 12.0. The van der Waals surface area contributed by atoms with Crippen molar-refractivity contribution in [3.05, 3.63) is 12.2 Å². The van der Waals surface area contributed by atoms with Crippen LogP contribution in [0.4, 0.5) is 0 Å². The zero-order chi connectivity index (χ0) is 9.40. The molecule has 2 N–H and O–H groups in total. The van der Waals surface area contributed by atoms with Crippen molar-refractivity contribution in [2.24, 2.45) is 5.73 Å². The molecule has 72 valence electrons. The Hall–Kier alpha value is 0.0500. The van der Waals surface area contributed by atoms with Crippen LogP contribution in [0.2, 0.25) is 0 Å². The van der Waals surface area contributed by atoms with Crippen molar-refractivity contribution in [1.29, 1.82) is 0 Å². The predicted octanol–water partition coefficient (Wildman–Crippen LogP) is 2.81. The van der Waals surface area contributed by atoms with Crippen LogP contribution < -0.4 is 5.73 Å². The summed E-state index contributed by atoms with van der Waals surface area (Å²) in [6, 6.07) is 0.226. The van der Waals surface area contributed by atoms with Gasteiger partial charge in [0.1, 0.15) is 0 Å². The van der Waals surface area contributed by atoms with Crippen molar-refractivity contribution in [3.63, 3.8) is 0 Å². The van der Waals surface area contributed by atoms with E-state index in [0.717, 1.165) is 18.6 Å². The normalized spacial score (nSPS) is 12.9. The number of nitrogens with two attached hydrogens (primary N) is 1. The highest BCUT2D eigenvalue weighted by Crippen LogP contribution is 2.12. The lowest BCUT2D eigenvalue weighted by molar-refractivity contribution is 0.676. The van der Waals surface area contributed by atoms with E-state index in [4.69, 9.17) is 5.73 Å². The Morgan fingerprint density at radius 1 is 1.58 bits per heavy atom. The van der Waals surface area contributed by atoms with Gasteiger partial charge in [-0.15, -0.1) is 0 Å². The van der Waals surface area contributed by atoms with E-state index in [0.29, 0.717) is 0 Å². The van der Waals surface area contributed by atoms with Gasteiger partial charge in [0, 0.05) is 6.04 Å². The summed E-state index contributed by atoms with van der Waals surface area (Å²) in [5, 5.41) is 0. The Balaban J connectivity index is 3.47. The summed E-state index contributed by atoms with van der Waals surface area (Å²) in [5.74, 6) is 1.15. The lowest BCUT2D eigenvalue weighted by Crippen LogP contribution is -2.22. The van der Waals surface area contributed by atoms with Crippen molar-refractivity contribution >= 4 is 11.8 Å². The average molecular weight is 187 g/mol. The molecule has 0 unspecified atom stereocenters. The molecule has 0 saturated carbocycles. The van der Waals surface area contributed by atoms with Gasteiger partial charge in [0.25, 0.3) is 0 Å². The minimum Gasteiger partial charge on any atom is -0.324 e. The quantitative estimate of drug-likeness (QED) is 0.620. The molecular formula is C10H21NS. The van der Waals surface area contributed by atoms with Gasteiger partial charge in [-0.25, -0.2) is 0 Å². The minimum absolute atomic E-state index is 0.226. The fraction of sp³-hybridized carbons (Fsp3) is 0.800. The number of hydrogen-bond acceptors (Lipinski definition) is 2. The van der Waals surface area contributed by atoms with Gasteiger partial charge in [-0.1, -0.05) is 25.5 Å². The van der Waals surface area contributed by atoms with E-state index in [1.54, 1.807) is 0 Å². The van der Waals surface area contributed by atoms with Crippen molar-refractivity contribution in [3.8, 4) is 0 Å². The summed E-state index contributed by atoms with van der Waals surface area (Å²) in [4.78, 5) is 0. The minimum atomic E-state index is 0.226. The average Bonchev–Trinajstić information content (AvgIpc) is 2.10. The Morgan fingerprint density at radius 3 is 2.75 bits per heavy atom. The van der Waals surface area contributed by atoms with E-state index in [1.165, 1.54) is 18.4 Å². The molecule has 0 aromatic rings. The van der Waals surface area contributed by atoms with Crippen LogP contribution in [-0.2, 0) is 0 Å². The SMILES string of the molecule is C=C(CCCC)[C@@H](N)CCSC. The Labute approximate surface area is 80.8 Å². The molecule has 1 nitrogen and oxygen atoms in total. The summed E-state index contributed by atoms with van der Waals surface area (Å²) >= 11 is 1.85. The molecular weight excluding hydrogens is 166 g/mol. The smallest absolute Gasteiger partial charge is 0.0258 e. The van der Waals surface area contributed by atoms with E-state index >= 15 is 0 Å². The molecule has 0 amide bonds. The van der Waals surface area contributed by atoms with Crippen molar-refractivity contribution in [2.75, 3.05) is 12.0 Å². The van der Waals surface area contributed by atoms with Gasteiger partial charge < -0.3 is 5.73 Å². The van der Waals surface area contributed by atoms with Gasteiger partial charge in [-0.3, -0.25) is 0 Å². The van der Waals surface area contributed by atoms with Crippen LogP contribution in [0.25, 0.3) is 0 Å². The molecule has 0 saturated heterocycles. The molecule has 12 heavy (non-hydrogen) atoms. The van der Waals surface area contributed by atoms with Gasteiger partial charge in [-0.2, -0.15) is 11.8 Å². The molecule has 2 heteroatoms. The van der Waals surface area contributed by atoms with Crippen molar-refractivity contribution in [1.82, 2.24) is 0 Å². The third-order valence-electron chi connectivity index (χ3n) is 2.01. The van der Waals surface area contributed by atoms with Crippen molar-refractivity contribution < 1.29 is 0 Å². The second-order valence-electron chi connectivity index (χ2n) is 3.15. The monoisotopic (exact) mass is 187 g/mol. The number of rotatable bonds is 7. The van der Waals surface area contributed by atoms with Gasteiger partial charge in [0.05, 0.1) is 0 Å². The number of thioether (sulfide) groups is 1. The Kier molecular flexibility index (Phi) is 7.72. The van der Waals surface area contributed by atoms with Crippen LogP contribution in [0.3, 0.4) is 0 Å². The first-order chi connectivity index (χ1) is 5.72. The first-order valence-corrected chi connectivity index (χ1v) is 6.04. The standard InChI is InChI=1S/C10H21NS/c1-4-5-6-9(2)10(11)7-8-12-3/h10H,2,4-8,11H2,1,3H3/t10-/m0/s1. The highest BCUT2D eigenvalue weighted by atomic mass is 32.2. The third kappa shape index (κ3) is 5.67. The van der Waals surface area contributed by atoms with Gasteiger partial charge in [-0.05, 0) is 31.3 Å². The number of hydrogen-bond donors (Lipinski definition) is 1. The molecule has 0 aliphatic carbocycles. The summed E-state index contributed by atoms with van der Waals surface area (Å²) in [6.07, 6.45) is 6.75. The third-order valence-corrected chi connectivity index (χ3v) is 2.65. The zero-order valence-electron chi connectivity index (χ0n) is 8.31. The van der Waals surface area contributed by atoms with Crippen molar-refractivity contribution in [2.45, 2.75) is 38.6 Å². The predicted molar refractivity (Wildman–Crippen MR) is 59.6 cm³/mol. The van der Waals surface area contributed by atoms with Gasteiger partial charge >= 0.3 is 0 Å². The Morgan fingerprint density at radius 2 is 2.25 bits per heavy atom. The molecule has 0 aromatic heterocycles. The maximum atomic E-state index is 5.93. The van der Waals surface area contributed by atoms with Gasteiger partial charge in [0.15, 0.2) is 0 Å². The molecule has 0 rings (SSSR count). The van der Waals surface area contributed by atoms with E-state index < -0.39 is 0 Å². The second-order valence-corrected chi connectivity index (χ2v) is 4.14. The zero-order valence-corrected chi connectivity index (χ0v) is 9.12. The molecule has 0 bridgehead atoms. The molecule has 1 atom stereocenters. The fourth-order valence-corrected chi connectivity index (χ4v) is 1.53. The van der Waals surface area contributed by atoms with E-state index in [-0.39, 0.29) is 6.04 Å². The van der Waals surface area contributed by atoms with Crippen LogP contribution >= 0.6 is 11.8 Å². The lowest BCUT2D eigenvalue weighted by atomic mass is 10.0.